The van der Waals surface area contributed by atoms with Gasteiger partial charge in [0.2, 0.25) is 0 Å². The van der Waals surface area contributed by atoms with Crippen LogP contribution in [0.5, 0.6) is 0 Å². The minimum Gasteiger partial charge on any atom is -0.365 e. The number of hydrogen-bond donors (Lipinski definition) is 2. The molecule has 118 valence electrons. The lowest BCUT2D eigenvalue weighted by Gasteiger charge is -2.15. The van der Waals surface area contributed by atoms with Gasteiger partial charge in [-0.2, -0.15) is 5.26 Å². The van der Waals surface area contributed by atoms with Gasteiger partial charge >= 0.3 is 0 Å². The third kappa shape index (κ3) is 3.31. The van der Waals surface area contributed by atoms with E-state index in [2.05, 4.69) is 15.6 Å². The van der Waals surface area contributed by atoms with Crippen molar-refractivity contribution in [1.82, 2.24) is 14.9 Å². The second-order valence-corrected chi connectivity index (χ2v) is 5.54. The van der Waals surface area contributed by atoms with Gasteiger partial charge in [-0.1, -0.05) is 6.07 Å². The maximum atomic E-state index is 14.3. The van der Waals surface area contributed by atoms with Crippen molar-refractivity contribution in [2.24, 2.45) is 0 Å². The molecule has 1 aliphatic rings. The molecule has 2 aromatic heterocycles. The van der Waals surface area contributed by atoms with Crippen molar-refractivity contribution in [3.8, 4) is 11.9 Å². The molecule has 0 aromatic carbocycles. The zero-order valence-electron chi connectivity index (χ0n) is 12.4. The molecular weight excluding hydrogens is 297 g/mol. The Morgan fingerprint density at radius 3 is 2.91 bits per heavy atom. The predicted octanol–water partition coefficient (Wildman–Crippen LogP) is 1.78. The summed E-state index contributed by atoms with van der Waals surface area (Å²) in [4.78, 5) is 15.9. The zero-order chi connectivity index (χ0) is 16.2. The maximum Gasteiger partial charge on any atom is 0.255 e. The Morgan fingerprint density at radius 1 is 1.35 bits per heavy atom. The van der Waals surface area contributed by atoms with E-state index in [1.165, 1.54) is 22.9 Å². The smallest absolute Gasteiger partial charge is 0.255 e. The van der Waals surface area contributed by atoms with Crippen LogP contribution in [0.2, 0.25) is 0 Å². The summed E-state index contributed by atoms with van der Waals surface area (Å²) in [7, 11) is 0. The molecule has 2 atom stereocenters. The van der Waals surface area contributed by atoms with Crippen LogP contribution in [-0.4, -0.2) is 21.6 Å². The van der Waals surface area contributed by atoms with Crippen molar-refractivity contribution < 1.29 is 4.39 Å². The van der Waals surface area contributed by atoms with Crippen LogP contribution in [0.4, 0.5) is 10.2 Å². The molecule has 1 fully saturated rings. The molecule has 7 heteroatoms. The van der Waals surface area contributed by atoms with E-state index in [9.17, 15) is 9.18 Å². The van der Waals surface area contributed by atoms with Gasteiger partial charge in [-0.05, 0) is 25.3 Å². The first-order valence-corrected chi connectivity index (χ1v) is 7.42. The molecule has 2 N–H and O–H groups in total. The van der Waals surface area contributed by atoms with Gasteiger partial charge in [-0.3, -0.25) is 9.36 Å². The molecule has 2 heterocycles. The molecule has 2 aromatic rings. The van der Waals surface area contributed by atoms with Gasteiger partial charge in [0.15, 0.2) is 17.8 Å². The summed E-state index contributed by atoms with van der Waals surface area (Å²) in [5.41, 5.74) is 0.143. The monoisotopic (exact) mass is 313 g/mol. The van der Waals surface area contributed by atoms with Gasteiger partial charge < -0.3 is 10.6 Å². The van der Waals surface area contributed by atoms with Crippen LogP contribution in [0, 0.1) is 17.3 Å². The third-order valence-corrected chi connectivity index (χ3v) is 3.97. The van der Waals surface area contributed by atoms with Crippen LogP contribution >= 0.6 is 0 Å². The van der Waals surface area contributed by atoms with E-state index < -0.39 is 5.82 Å². The van der Waals surface area contributed by atoms with Crippen LogP contribution in [0.25, 0.3) is 5.69 Å². The molecule has 1 aliphatic carbocycles. The molecule has 0 saturated heterocycles. The molecular formula is C16H16FN5O. The van der Waals surface area contributed by atoms with E-state index in [0.29, 0.717) is 5.69 Å². The summed E-state index contributed by atoms with van der Waals surface area (Å²) in [5.74, 6) is -0.338. The van der Waals surface area contributed by atoms with Crippen molar-refractivity contribution in [2.45, 2.75) is 31.3 Å². The van der Waals surface area contributed by atoms with E-state index in [0.717, 1.165) is 19.3 Å². The van der Waals surface area contributed by atoms with Crippen LogP contribution < -0.4 is 16.2 Å². The zero-order valence-corrected chi connectivity index (χ0v) is 12.4. The Hall–Kier alpha value is -2.88. The molecule has 0 spiro atoms. The van der Waals surface area contributed by atoms with Crippen molar-refractivity contribution in [2.75, 3.05) is 5.32 Å². The fraction of sp³-hybridized carbons (Fsp3) is 0.312. The highest BCUT2D eigenvalue weighted by atomic mass is 19.1. The molecule has 23 heavy (non-hydrogen) atoms. The standard InChI is InChI=1S/C16H16FN5O/c17-14-8-13(22-6-2-1-3-15(22)23)9-19-16(14)21-12-5-4-11(7-12)20-10-18/h1-3,6,8-9,11-12,20H,4-5,7H2,(H,19,21)/t11-,12-/m0/s1. The second-order valence-electron chi connectivity index (χ2n) is 5.54. The van der Waals surface area contributed by atoms with E-state index in [4.69, 9.17) is 5.26 Å². The average Bonchev–Trinajstić information content (AvgIpc) is 2.98. The highest BCUT2D eigenvalue weighted by Crippen LogP contribution is 2.24. The van der Waals surface area contributed by atoms with Gasteiger partial charge in [0.1, 0.15) is 0 Å². The van der Waals surface area contributed by atoms with Crippen molar-refractivity contribution >= 4 is 5.82 Å². The molecule has 1 saturated carbocycles. The molecule has 0 unspecified atom stereocenters. The van der Waals surface area contributed by atoms with Crippen LogP contribution in [0.3, 0.4) is 0 Å². The van der Waals surface area contributed by atoms with Crippen molar-refractivity contribution in [3.63, 3.8) is 0 Å². The number of anilines is 1. The summed E-state index contributed by atoms with van der Waals surface area (Å²) in [6.07, 6.45) is 7.43. The number of rotatable bonds is 4. The lowest BCUT2D eigenvalue weighted by atomic mass is 10.2. The van der Waals surface area contributed by atoms with Crippen LogP contribution in [-0.2, 0) is 0 Å². The summed E-state index contributed by atoms with van der Waals surface area (Å²) >= 11 is 0. The number of halogens is 1. The molecule has 0 radical (unpaired) electrons. The molecule has 0 aliphatic heterocycles. The summed E-state index contributed by atoms with van der Waals surface area (Å²) < 4.78 is 15.6. The lowest BCUT2D eigenvalue weighted by Crippen LogP contribution is -2.24. The van der Waals surface area contributed by atoms with Crippen LogP contribution in [0.1, 0.15) is 19.3 Å². The SMILES string of the molecule is N#CN[C@H]1CC[C@H](Nc2ncc(-n3ccccc3=O)cc2F)C1. The van der Waals surface area contributed by atoms with Gasteiger partial charge in [-0.25, -0.2) is 9.37 Å². The fourth-order valence-corrected chi connectivity index (χ4v) is 2.83. The Bertz CT molecular complexity index is 798. The predicted molar refractivity (Wildman–Crippen MR) is 83.6 cm³/mol. The van der Waals surface area contributed by atoms with Gasteiger partial charge in [0, 0.05) is 30.4 Å². The largest absolute Gasteiger partial charge is 0.365 e. The summed E-state index contributed by atoms with van der Waals surface area (Å²) in [6, 6.07) is 6.23. The minimum absolute atomic E-state index is 0.0770. The highest BCUT2D eigenvalue weighted by molar-refractivity contribution is 5.43. The fourth-order valence-electron chi connectivity index (χ4n) is 2.83. The average molecular weight is 313 g/mol. The number of hydrogen-bond acceptors (Lipinski definition) is 5. The normalized spacial score (nSPS) is 20.0. The third-order valence-electron chi connectivity index (χ3n) is 3.97. The minimum atomic E-state index is -0.505. The molecule has 0 amide bonds. The van der Waals surface area contributed by atoms with E-state index in [1.54, 1.807) is 18.3 Å². The number of nitrogens with zero attached hydrogens (tertiary/aromatic N) is 3. The summed E-state index contributed by atoms with van der Waals surface area (Å²) in [6.45, 7) is 0. The maximum absolute atomic E-state index is 14.3. The first kappa shape index (κ1) is 15.0. The first-order valence-electron chi connectivity index (χ1n) is 7.42. The van der Waals surface area contributed by atoms with Crippen molar-refractivity contribution in [3.05, 3.63) is 52.8 Å². The van der Waals surface area contributed by atoms with E-state index in [-0.39, 0.29) is 23.5 Å². The van der Waals surface area contributed by atoms with Crippen LogP contribution in [0.15, 0.2) is 41.5 Å². The number of nitriles is 1. The molecule has 6 nitrogen and oxygen atoms in total. The Balaban J connectivity index is 1.75. The number of nitrogens with one attached hydrogen (secondary N) is 2. The highest BCUT2D eigenvalue weighted by Gasteiger charge is 2.25. The van der Waals surface area contributed by atoms with Gasteiger partial charge in [-0.15, -0.1) is 0 Å². The second kappa shape index (κ2) is 6.48. The number of pyridine rings is 2. The van der Waals surface area contributed by atoms with E-state index in [1.807, 2.05) is 6.19 Å². The lowest BCUT2D eigenvalue weighted by molar-refractivity contribution is 0.599. The Labute approximate surface area is 132 Å². The first-order chi connectivity index (χ1) is 11.2. The Kier molecular flexibility index (Phi) is 4.24. The summed E-state index contributed by atoms with van der Waals surface area (Å²) in [5, 5.41) is 14.4. The van der Waals surface area contributed by atoms with Crippen molar-refractivity contribution in [1.29, 1.82) is 5.26 Å². The van der Waals surface area contributed by atoms with Gasteiger partial charge in [0.25, 0.3) is 5.56 Å². The van der Waals surface area contributed by atoms with Gasteiger partial charge in [0.05, 0.1) is 11.9 Å². The number of aromatic nitrogens is 2. The topological polar surface area (TPSA) is 82.7 Å². The molecule has 0 bridgehead atoms. The van der Waals surface area contributed by atoms with E-state index >= 15 is 0 Å². The Morgan fingerprint density at radius 2 is 2.17 bits per heavy atom. The molecule has 3 rings (SSSR count). The quantitative estimate of drug-likeness (QED) is 0.664.